The molecule has 0 aliphatic heterocycles. The average molecular weight is 396 g/mol. The van der Waals surface area contributed by atoms with Gasteiger partial charge < -0.3 is 9.90 Å². The summed E-state index contributed by atoms with van der Waals surface area (Å²) in [6, 6.07) is 8.42. The Morgan fingerprint density at radius 3 is 2.35 bits per heavy atom. The molecule has 1 aromatic heterocycles. The van der Waals surface area contributed by atoms with E-state index in [-0.39, 0.29) is 0 Å². The van der Waals surface area contributed by atoms with E-state index in [4.69, 9.17) is 0 Å². The van der Waals surface area contributed by atoms with Gasteiger partial charge in [0.25, 0.3) is 0 Å². The summed E-state index contributed by atoms with van der Waals surface area (Å²) in [4.78, 5) is 12.0. The second-order valence-corrected chi connectivity index (χ2v) is 8.62. The van der Waals surface area contributed by atoms with Crippen LogP contribution in [0.15, 0.2) is 47.5 Å². The molecule has 2 aromatic carbocycles. The molecule has 0 spiro atoms. The lowest BCUT2D eigenvalue weighted by Crippen LogP contribution is -2.40. The van der Waals surface area contributed by atoms with Gasteiger partial charge in [0, 0.05) is 22.0 Å². The van der Waals surface area contributed by atoms with Gasteiger partial charge in [0.1, 0.15) is 0 Å². The third-order valence-corrected chi connectivity index (χ3v) is 5.91. The second kappa shape index (κ2) is 6.59. The monoisotopic (exact) mass is 396 g/mol. The fourth-order valence-electron chi connectivity index (χ4n) is 2.42. The van der Waals surface area contributed by atoms with Gasteiger partial charge in [0.05, 0.1) is 21.0 Å². The predicted molar refractivity (Wildman–Crippen MR) is 95.0 cm³/mol. The van der Waals surface area contributed by atoms with Crippen LogP contribution in [0.4, 0.5) is 13.2 Å². The van der Waals surface area contributed by atoms with Crippen molar-refractivity contribution in [2.45, 2.75) is 29.7 Å². The zero-order valence-corrected chi connectivity index (χ0v) is 15.4. The highest BCUT2D eigenvalue weighted by atomic mass is 32.2. The molecule has 0 aliphatic carbocycles. The number of thioether (sulfide) groups is 1. The minimum atomic E-state index is -4.41. The third-order valence-electron chi connectivity index (χ3n) is 3.84. The zero-order valence-electron chi connectivity index (χ0n) is 13.8. The molecule has 3 rings (SSSR count). The summed E-state index contributed by atoms with van der Waals surface area (Å²) in [7, 11) is 0. The smallest absolute Gasteiger partial charge is 0.416 e. The molecular formula is C18H13F3NO2S2-. The molecule has 0 N–H and O–H groups in total. The fourth-order valence-corrected chi connectivity index (χ4v) is 4.39. The third kappa shape index (κ3) is 3.57. The van der Waals surface area contributed by atoms with Crippen molar-refractivity contribution >= 4 is 39.3 Å². The average Bonchev–Trinajstić information content (AvgIpc) is 3.02. The number of alkyl halides is 3. The van der Waals surface area contributed by atoms with Crippen LogP contribution in [0.1, 0.15) is 19.4 Å². The van der Waals surface area contributed by atoms with Crippen LogP contribution in [0.25, 0.3) is 21.2 Å². The van der Waals surface area contributed by atoms with Gasteiger partial charge in [-0.15, -0.1) is 11.8 Å². The molecule has 0 amide bonds. The minimum Gasteiger partial charge on any atom is -0.549 e. The van der Waals surface area contributed by atoms with Gasteiger partial charge in [-0.25, -0.2) is 0 Å². The first kappa shape index (κ1) is 18.7. The molecule has 1 heterocycles. The minimum absolute atomic E-state index is 0.574. The highest BCUT2D eigenvalue weighted by molar-refractivity contribution is 8.01. The van der Waals surface area contributed by atoms with Crippen molar-refractivity contribution in [3.63, 3.8) is 0 Å². The van der Waals surface area contributed by atoms with Gasteiger partial charge in [-0.3, -0.25) is 0 Å². The van der Waals surface area contributed by atoms with Crippen molar-refractivity contribution in [1.29, 1.82) is 0 Å². The maximum atomic E-state index is 12.8. The van der Waals surface area contributed by atoms with Gasteiger partial charge in [0.2, 0.25) is 0 Å². The molecule has 136 valence electrons. The molecule has 0 saturated heterocycles. The molecule has 3 nitrogen and oxygen atoms in total. The first-order valence-electron chi connectivity index (χ1n) is 7.55. The van der Waals surface area contributed by atoms with E-state index in [1.54, 1.807) is 12.3 Å². The highest BCUT2D eigenvalue weighted by Gasteiger charge is 2.30. The normalized spacial score (nSPS) is 12.5. The number of aromatic nitrogens is 1. The van der Waals surface area contributed by atoms with E-state index in [1.165, 1.54) is 37.5 Å². The van der Waals surface area contributed by atoms with E-state index in [1.807, 2.05) is 6.07 Å². The molecule has 0 bridgehead atoms. The number of benzene rings is 2. The number of carbonyl (C=O) groups is 1. The number of carbonyl (C=O) groups excluding carboxylic acids is 1. The Morgan fingerprint density at radius 2 is 1.77 bits per heavy atom. The summed E-state index contributed by atoms with van der Waals surface area (Å²) in [6.07, 6.45) is -2.74. The molecule has 26 heavy (non-hydrogen) atoms. The summed E-state index contributed by atoms with van der Waals surface area (Å²) in [6.45, 7) is 3.06. The number of hydrogen-bond donors (Lipinski definition) is 0. The molecule has 0 saturated carbocycles. The number of rotatable bonds is 4. The van der Waals surface area contributed by atoms with E-state index < -0.39 is 22.5 Å². The van der Waals surface area contributed by atoms with Crippen LogP contribution in [0.2, 0.25) is 0 Å². The number of carboxylic acid groups (broad SMARTS) is 1. The first-order valence-corrected chi connectivity index (χ1v) is 9.14. The van der Waals surface area contributed by atoms with E-state index in [2.05, 4.69) is 4.37 Å². The van der Waals surface area contributed by atoms with Gasteiger partial charge in [-0.05, 0) is 49.1 Å². The van der Waals surface area contributed by atoms with Crippen LogP contribution in [0.3, 0.4) is 0 Å². The number of hydrogen-bond acceptors (Lipinski definition) is 5. The van der Waals surface area contributed by atoms with E-state index >= 15 is 0 Å². The first-order chi connectivity index (χ1) is 12.1. The molecule has 0 fully saturated rings. The highest BCUT2D eigenvalue weighted by Crippen LogP contribution is 2.44. The summed E-state index contributed by atoms with van der Waals surface area (Å²) >= 11 is 2.32. The lowest BCUT2D eigenvalue weighted by atomic mass is 10.0. The van der Waals surface area contributed by atoms with Crippen molar-refractivity contribution in [2.24, 2.45) is 0 Å². The standard InChI is InChI=1S/C18H14F3NO2S2/c1-17(2,16(23)24)25-13-8-5-11-9-22-26-15(11)14(13)10-3-6-12(7-4-10)18(19,20)21/h3-9H,1-2H3,(H,23,24)/p-1. The van der Waals surface area contributed by atoms with Crippen molar-refractivity contribution < 1.29 is 23.1 Å². The maximum absolute atomic E-state index is 12.8. The molecule has 8 heteroatoms. The predicted octanol–water partition coefficient (Wildman–Crippen LogP) is 4.60. The van der Waals surface area contributed by atoms with Crippen LogP contribution < -0.4 is 5.11 Å². The number of carboxylic acids is 1. The van der Waals surface area contributed by atoms with E-state index in [0.717, 1.165) is 34.0 Å². The lowest BCUT2D eigenvalue weighted by Gasteiger charge is -2.26. The fraction of sp³-hybridized carbons (Fsp3) is 0.222. The Hall–Kier alpha value is -2.06. The van der Waals surface area contributed by atoms with Gasteiger partial charge in [-0.1, -0.05) is 18.2 Å². The zero-order chi connectivity index (χ0) is 19.1. The van der Waals surface area contributed by atoms with Crippen molar-refractivity contribution in [1.82, 2.24) is 4.37 Å². The largest absolute Gasteiger partial charge is 0.549 e. The van der Waals surface area contributed by atoms with Crippen LogP contribution in [-0.4, -0.2) is 15.1 Å². The Morgan fingerprint density at radius 1 is 1.12 bits per heavy atom. The lowest BCUT2D eigenvalue weighted by molar-refractivity contribution is -0.308. The number of nitrogens with zero attached hydrogens (tertiary/aromatic N) is 1. The molecule has 3 aromatic rings. The van der Waals surface area contributed by atoms with Crippen molar-refractivity contribution in [2.75, 3.05) is 0 Å². The van der Waals surface area contributed by atoms with Crippen molar-refractivity contribution in [3.05, 3.63) is 48.2 Å². The maximum Gasteiger partial charge on any atom is 0.416 e. The molecule has 0 atom stereocenters. The second-order valence-electron chi connectivity index (χ2n) is 6.16. The van der Waals surface area contributed by atoms with Crippen LogP contribution in [-0.2, 0) is 11.0 Å². The molecule has 0 radical (unpaired) electrons. The van der Waals surface area contributed by atoms with Gasteiger partial charge >= 0.3 is 6.18 Å². The number of aliphatic carboxylic acids is 1. The van der Waals surface area contributed by atoms with Crippen LogP contribution >= 0.6 is 23.3 Å². The number of fused-ring (bicyclic) bond motifs is 1. The Bertz CT molecular complexity index is 963. The topological polar surface area (TPSA) is 53.0 Å². The number of halogens is 3. The molecule has 0 aliphatic rings. The summed E-state index contributed by atoms with van der Waals surface area (Å²) in [5, 5.41) is 12.2. The van der Waals surface area contributed by atoms with E-state index in [0.29, 0.717) is 16.0 Å². The Balaban J connectivity index is 2.15. The van der Waals surface area contributed by atoms with E-state index in [9.17, 15) is 23.1 Å². The van der Waals surface area contributed by atoms with Crippen LogP contribution in [0, 0.1) is 0 Å². The molecular weight excluding hydrogens is 383 g/mol. The SMILES string of the molecule is CC(C)(Sc1ccc2cnsc2c1-c1ccc(C(F)(F)F)cc1)C(=O)[O-]. The quantitative estimate of drug-likeness (QED) is 0.605. The summed E-state index contributed by atoms with van der Waals surface area (Å²) in [5.74, 6) is -1.22. The molecule has 0 unspecified atom stereocenters. The van der Waals surface area contributed by atoms with Gasteiger partial charge in [0.15, 0.2) is 0 Å². The summed E-state index contributed by atoms with van der Waals surface area (Å²) < 4.78 is 42.2. The van der Waals surface area contributed by atoms with Gasteiger partial charge in [-0.2, -0.15) is 17.5 Å². The van der Waals surface area contributed by atoms with Crippen molar-refractivity contribution in [3.8, 4) is 11.1 Å². The summed E-state index contributed by atoms with van der Waals surface area (Å²) in [5.41, 5.74) is 0.518. The Kier molecular flexibility index (Phi) is 4.74. The Labute approximate surface area is 156 Å². The van der Waals surface area contributed by atoms with Crippen LogP contribution in [0.5, 0.6) is 0 Å².